The lowest BCUT2D eigenvalue weighted by Gasteiger charge is -2.07. The molecule has 0 aliphatic carbocycles. The fourth-order valence-corrected chi connectivity index (χ4v) is 1.22. The van der Waals surface area contributed by atoms with Gasteiger partial charge in [0.15, 0.2) is 0 Å². The summed E-state index contributed by atoms with van der Waals surface area (Å²) in [6.45, 7) is 2.42. The summed E-state index contributed by atoms with van der Waals surface area (Å²) < 4.78 is 9.70. The molecule has 0 spiro atoms. The smallest absolute Gasteiger partial charge is 0.375 e. The SMILES string of the molecule is CCOC(=O)/C(N)=N/NC(=O)C1CCCO1. The Morgan fingerprint density at radius 3 is 2.94 bits per heavy atom. The number of amidine groups is 1. The van der Waals surface area contributed by atoms with Crippen LogP contribution in [0.25, 0.3) is 0 Å². The van der Waals surface area contributed by atoms with Crippen LogP contribution in [-0.2, 0) is 19.1 Å². The Bertz CT molecular complexity index is 297. The maximum atomic E-state index is 11.4. The van der Waals surface area contributed by atoms with E-state index in [0.29, 0.717) is 13.0 Å². The van der Waals surface area contributed by atoms with E-state index in [1.165, 1.54) is 0 Å². The average Bonchev–Trinajstić information content (AvgIpc) is 2.79. The first-order chi connectivity index (χ1) is 7.65. The average molecular weight is 229 g/mol. The van der Waals surface area contributed by atoms with Crippen LogP contribution in [0.4, 0.5) is 0 Å². The van der Waals surface area contributed by atoms with Crippen LogP contribution >= 0.6 is 0 Å². The van der Waals surface area contributed by atoms with Gasteiger partial charge in [-0.3, -0.25) is 4.79 Å². The molecule has 1 aliphatic rings. The van der Waals surface area contributed by atoms with Crippen LogP contribution in [-0.4, -0.2) is 37.0 Å². The summed E-state index contributed by atoms with van der Waals surface area (Å²) in [7, 11) is 0. The molecule has 0 aromatic carbocycles. The molecule has 3 N–H and O–H groups in total. The van der Waals surface area contributed by atoms with Crippen molar-refractivity contribution in [2.75, 3.05) is 13.2 Å². The van der Waals surface area contributed by atoms with Gasteiger partial charge >= 0.3 is 5.97 Å². The predicted molar refractivity (Wildman–Crippen MR) is 55.4 cm³/mol. The summed E-state index contributed by atoms with van der Waals surface area (Å²) in [5, 5.41) is 3.43. The lowest BCUT2D eigenvalue weighted by Crippen LogP contribution is -2.35. The van der Waals surface area contributed by atoms with Crippen LogP contribution in [0.2, 0.25) is 0 Å². The van der Waals surface area contributed by atoms with Gasteiger partial charge in [-0.2, -0.15) is 0 Å². The van der Waals surface area contributed by atoms with Crippen molar-refractivity contribution in [2.45, 2.75) is 25.9 Å². The molecule has 1 atom stereocenters. The Labute approximate surface area is 93.0 Å². The predicted octanol–water partition coefficient (Wildman–Crippen LogP) is -0.883. The number of nitrogens with zero attached hydrogens (tertiary/aromatic N) is 1. The second kappa shape index (κ2) is 6.06. The van der Waals surface area contributed by atoms with Crippen molar-refractivity contribution in [1.29, 1.82) is 0 Å². The van der Waals surface area contributed by atoms with Crippen LogP contribution in [0, 0.1) is 0 Å². The molecular formula is C9H15N3O4. The van der Waals surface area contributed by atoms with E-state index >= 15 is 0 Å². The summed E-state index contributed by atoms with van der Waals surface area (Å²) in [5.74, 6) is -1.53. The van der Waals surface area contributed by atoms with Crippen molar-refractivity contribution in [1.82, 2.24) is 5.43 Å². The molecule has 1 amide bonds. The van der Waals surface area contributed by atoms with Gasteiger partial charge < -0.3 is 15.2 Å². The van der Waals surface area contributed by atoms with Gasteiger partial charge in [-0.1, -0.05) is 0 Å². The van der Waals surface area contributed by atoms with Crippen LogP contribution < -0.4 is 11.2 Å². The fourth-order valence-electron chi connectivity index (χ4n) is 1.22. The third kappa shape index (κ3) is 3.50. The van der Waals surface area contributed by atoms with Gasteiger partial charge in [0.1, 0.15) is 6.10 Å². The zero-order chi connectivity index (χ0) is 12.0. The minimum Gasteiger partial charge on any atom is -0.460 e. The number of esters is 1. The highest BCUT2D eigenvalue weighted by Gasteiger charge is 2.23. The van der Waals surface area contributed by atoms with Gasteiger partial charge in [-0.15, -0.1) is 5.10 Å². The molecule has 0 saturated carbocycles. The monoisotopic (exact) mass is 229 g/mol. The highest BCUT2D eigenvalue weighted by molar-refractivity contribution is 6.34. The largest absolute Gasteiger partial charge is 0.460 e. The van der Waals surface area contributed by atoms with E-state index in [4.69, 9.17) is 10.5 Å². The Kier molecular flexibility index (Phi) is 4.71. The minimum absolute atomic E-state index is 0.203. The van der Waals surface area contributed by atoms with Crippen molar-refractivity contribution in [2.24, 2.45) is 10.8 Å². The van der Waals surface area contributed by atoms with E-state index in [1.807, 2.05) is 0 Å². The second-order valence-electron chi connectivity index (χ2n) is 3.20. The Morgan fingerprint density at radius 2 is 2.38 bits per heavy atom. The van der Waals surface area contributed by atoms with E-state index in [1.54, 1.807) is 6.92 Å². The Morgan fingerprint density at radius 1 is 1.62 bits per heavy atom. The molecule has 1 unspecified atom stereocenters. The fraction of sp³-hybridized carbons (Fsp3) is 0.667. The first-order valence-electron chi connectivity index (χ1n) is 5.07. The minimum atomic E-state index is -0.754. The highest BCUT2D eigenvalue weighted by Crippen LogP contribution is 2.11. The molecule has 7 heteroatoms. The molecule has 16 heavy (non-hydrogen) atoms. The third-order valence-electron chi connectivity index (χ3n) is 1.99. The number of carbonyl (C=O) groups excluding carboxylic acids is 2. The lowest BCUT2D eigenvalue weighted by molar-refractivity contribution is -0.135. The number of rotatable bonds is 3. The molecule has 1 saturated heterocycles. The number of nitrogens with one attached hydrogen (secondary N) is 1. The number of hydrogen-bond acceptors (Lipinski definition) is 5. The number of ether oxygens (including phenoxy) is 2. The normalized spacial score (nSPS) is 20.6. The summed E-state index contributed by atoms with van der Waals surface area (Å²) in [6, 6.07) is 0. The van der Waals surface area contributed by atoms with E-state index in [9.17, 15) is 9.59 Å². The number of amides is 1. The summed E-state index contributed by atoms with van der Waals surface area (Å²) in [5.41, 5.74) is 7.43. The second-order valence-corrected chi connectivity index (χ2v) is 3.20. The maximum absolute atomic E-state index is 11.4. The topological polar surface area (TPSA) is 103 Å². The number of hydrogen-bond donors (Lipinski definition) is 2. The van der Waals surface area contributed by atoms with Crippen LogP contribution in [0.3, 0.4) is 0 Å². The summed E-state index contributed by atoms with van der Waals surface area (Å²) in [4.78, 5) is 22.4. The van der Waals surface area contributed by atoms with Crippen molar-refractivity contribution in [3.63, 3.8) is 0 Å². The quantitative estimate of drug-likeness (QED) is 0.283. The van der Waals surface area contributed by atoms with Gasteiger partial charge in [-0.05, 0) is 19.8 Å². The van der Waals surface area contributed by atoms with Gasteiger partial charge in [0.25, 0.3) is 5.91 Å². The Balaban J connectivity index is 2.39. The zero-order valence-electron chi connectivity index (χ0n) is 9.06. The van der Waals surface area contributed by atoms with E-state index in [0.717, 1.165) is 6.42 Å². The summed E-state index contributed by atoms with van der Waals surface area (Å²) in [6.07, 6.45) is 0.995. The number of nitrogens with two attached hydrogens (primary N) is 1. The Hall–Kier alpha value is -1.63. The third-order valence-corrected chi connectivity index (χ3v) is 1.99. The molecule has 1 rings (SSSR count). The summed E-state index contributed by atoms with van der Waals surface area (Å²) >= 11 is 0. The molecule has 0 aromatic rings. The maximum Gasteiger partial charge on any atom is 0.375 e. The molecule has 0 aromatic heterocycles. The number of hydrazone groups is 1. The van der Waals surface area contributed by atoms with E-state index in [2.05, 4.69) is 15.3 Å². The molecule has 0 bridgehead atoms. The standard InChI is InChI=1S/C9H15N3O4/c1-2-15-9(14)7(10)11-12-8(13)6-4-3-5-16-6/h6H,2-5H2,1H3,(H2,10,11)(H,12,13). The molecule has 90 valence electrons. The van der Waals surface area contributed by atoms with Gasteiger partial charge in [0.2, 0.25) is 5.84 Å². The molecule has 1 heterocycles. The zero-order valence-corrected chi connectivity index (χ0v) is 9.06. The van der Waals surface area contributed by atoms with E-state index < -0.39 is 18.0 Å². The van der Waals surface area contributed by atoms with Crippen molar-refractivity contribution < 1.29 is 19.1 Å². The first-order valence-corrected chi connectivity index (χ1v) is 5.07. The van der Waals surface area contributed by atoms with Gasteiger partial charge in [0.05, 0.1) is 6.61 Å². The van der Waals surface area contributed by atoms with Crippen LogP contribution in [0.1, 0.15) is 19.8 Å². The van der Waals surface area contributed by atoms with Gasteiger partial charge in [-0.25, -0.2) is 10.2 Å². The number of carbonyl (C=O) groups is 2. The van der Waals surface area contributed by atoms with Crippen LogP contribution in [0.5, 0.6) is 0 Å². The van der Waals surface area contributed by atoms with Crippen LogP contribution in [0.15, 0.2) is 5.10 Å². The molecular weight excluding hydrogens is 214 g/mol. The van der Waals surface area contributed by atoms with Crippen molar-refractivity contribution in [3.8, 4) is 0 Å². The molecule has 0 radical (unpaired) electrons. The molecule has 1 fully saturated rings. The van der Waals surface area contributed by atoms with Crippen molar-refractivity contribution >= 4 is 17.7 Å². The first kappa shape index (κ1) is 12.4. The molecule has 1 aliphatic heterocycles. The highest BCUT2D eigenvalue weighted by atomic mass is 16.5. The van der Waals surface area contributed by atoms with E-state index in [-0.39, 0.29) is 12.4 Å². The van der Waals surface area contributed by atoms with Crippen molar-refractivity contribution in [3.05, 3.63) is 0 Å². The van der Waals surface area contributed by atoms with Gasteiger partial charge in [0, 0.05) is 6.61 Å². The lowest BCUT2D eigenvalue weighted by atomic mass is 10.2. The molecule has 7 nitrogen and oxygen atoms in total.